The number of carbonyl (C=O) groups is 1. The maximum atomic E-state index is 12.0. The number of piperidine rings is 1. The van der Waals surface area contributed by atoms with Crippen molar-refractivity contribution in [1.82, 2.24) is 10.6 Å². The van der Waals surface area contributed by atoms with Crippen LogP contribution in [0.5, 0.6) is 0 Å². The van der Waals surface area contributed by atoms with Crippen LogP contribution in [0, 0.1) is 5.92 Å². The first-order chi connectivity index (χ1) is 9.66. The van der Waals surface area contributed by atoms with Crippen molar-refractivity contribution in [2.75, 3.05) is 13.1 Å². The molecule has 0 aromatic heterocycles. The molecule has 1 fully saturated rings. The third-order valence-electron chi connectivity index (χ3n) is 3.99. The summed E-state index contributed by atoms with van der Waals surface area (Å²) >= 11 is 3.53. The van der Waals surface area contributed by atoms with E-state index in [0.29, 0.717) is 12.3 Å². The van der Waals surface area contributed by atoms with Gasteiger partial charge in [-0.25, -0.2) is 0 Å². The Morgan fingerprint density at radius 1 is 1.40 bits per heavy atom. The summed E-state index contributed by atoms with van der Waals surface area (Å²) in [5, 5.41) is 6.45. The maximum Gasteiger partial charge on any atom is 0.220 e. The fourth-order valence-corrected chi connectivity index (χ4v) is 3.35. The summed E-state index contributed by atoms with van der Waals surface area (Å²) in [5.74, 6) is 0.868. The van der Waals surface area contributed by atoms with Gasteiger partial charge in [-0.3, -0.25) is 4.79 Å². The lowest BCUT2D eigenvalue weighted by Gasteiger charge is -2.22. The molecule has 1 saturated heterocycles. The van der Waals surface area contributed by atoms with Crippen molar-refractivity contribution in [3.63, 3.8) is 0 Å². The summed E-state index contributed by atoms with van der Waals surface area (Å²) in [5.41, 5.74) is 1.13. The number of hydrogen-bond donors (Lipinski definition) is 2. The number of rotatable bonds is 5. The van der Waals surface area contributed by atoms with E-state index in [9.17, 15) is 4.79 Å². The molecule has 0 bridgehead atoms. The van der Waals surface area contributed by atoms with Gasteiger partial charge in [0, 0.05) is 10.9 Å². The smallest absolute Gasteiger partial charge is 0.220 e. The van der Waals surface area contributed by atoms with E-state index >= 15 is 0 Å². The molecule has 3 nitrogen and oxygen atoms in total. The number of nitrogens with one attached hydrogen (secondary N) is 2. The van der Waals surface area contributed by atoms with Crippen molar-refractivity contribution in [2.24, 2.45) is 5.92 Å². The molecule has 0 saturated carbocycles. The summed E-state index contributed by atoms with van der Waals surface area (Å²) in [4.78, 5) is 12.0. The largest absolute Gasteiger partial charge is 0.350 e. The van der Waals surface area contributed by atoms with E-state index < -0.39 is 0 Å². The molecule has 1 aliphatic heterocycles. The molecular weight excluding hydrogens is 316 g/mol. The van der Waals surface area contributed by atoms with Crippen molar-refractivity contribution in [1.29, 1.82) is 0 Å². The summed E-state index contributed by atoms with van der Waals surface area (Å²) in [7, 11) is 0. The number of hydrogen-bond acceptors (Lipinski definition) is 2. The van der Waals surface area contributed by atoms with Crippen molar-refractivity contribution in [3.05, 3.63) is 34.3 Å². The van der Waals surface area contributed by atoms with Gasteiger partial charge in [0.1, 0.15) is 0 Å². The number of carbonyl (C=O) groups excluding carboxylic acids is 1. The van der Waals surface area contributed by atoms with E-state index in [0.717, 1.165) is 29.5 Å². The molecule has 0 radical (unpaired) electrons. The molecule has 0 spiro atoms. The Morgan fingerprint density at radius 3 is 2.80 bits per heavy atom. The predicted octanol–water partition coefficient (Wildman–Crippen LogP) is 3.41. The van der Waals surface area contributed by atoms with Gasteiger partial charge >= 0.3 is 0 Å². The van der Waals surface area contributed by atoms with Gasteiger partial charge in [0.2, 0.25) is 5.91 Å². The van der Waals surface area contributed by atoms with Gasteiger partial charge in [-0.2, -0.15) is 0 Å². The van der Waals surface area contributed by atoms with Gasteiger partial charge in [0.25, 0.3) is 0 Å². The van der Waals surface area contributed by atoms with Crippen LogP contribution in [-0.4, -0.2) is 19.0 Å². The average molecular weight is 339 g/mol. The topological polar surface area (TPSA) is 41.1 Å². The molecule has 2 rings (SSSR count). The average Bonchev–Trinajstić information content (AvgIpc) is 2.46. The van der Waals surface area contributed by atoms with Gasteiger partial charge in [-0.1, -0.05) is 34.1 Å². The minimum Gasteiger partial charge on any atom is -0.350 e. The highest BCUT2D eigenvalue weighted by atomic mass is 79.9. The van der Waals surface area contributed by atoms with E-state index in [1.54, 1.807) is 0 Å². The Balaban J connectivity index is 1.77. The molecule has 20 heavy (non-hydrogen) atoms. The number of benzene rings is 1. The molecule has 110 valence electrons. The lowest BCUT2D eigenvalue weighted by molar-refractivity contribution is -0.122. The van der Waals surface area contributed by atoms with E-state index in [1.165, 1.54) is 12.8 Å². The van der Waals surface area contributed by atoms with E-state index in [4.69, 9.17) is 0 Å². The van der Waals surface area contributed by atoms with Crippen LogP contribution < -0.4 is 10.6 Å². The molecule has 1 aliphatic rings. The highest BCUT2D eigenvalue weighted by molar-refractivity contribution is 9.10. The molecule has 1 heterocycles. The fraction of sp³-hybridized carbons (Fsp3) is 0.562. The zero-order valence-corrected chi connectivity index (χ0v) is 13.6. The van der Waals surface area contributed by atoms with Crippen LogP contribution in [0.3, 0.4) is 0 Å². The SMILES string of the molecule is C[C@H](NC(=O)CCC1CCNCC1)c1ccccc1Br. The van der Waals surface area contributed by atoms with E-state index in [1.807, 2.05) is 31.2 Å². The molecule has 1 atom stereocenters. The van der Waals surface area contributed by atoms with Crippen molar-refractivity contribution in [3.8, 4) is 0 Å². The second-order valence-electron chi connectivity index (χ2n) is 5.54. The normalized spacial score (nSPS) is 17.7. The first-order valence-electron chi connectivity index (χ1n) is 7.41. The first kappa shape index (κ1) is 15.5. The van der Waals surface area contributed by atoms with Crippen molar-refractivity contribution < 1.29 is 4.79 Å². The molecule has 1 amide bonds. The Hall–Kier alpha value is -0.870. The van der Waals surface area contributed by atoms with Crippen LogP contribution in [0.4, 0.5) is 0 Å². The third-order valence-corrected chi connectivity index (χ3v) is 4.71. The van der Waals surface area contributed by atoms with Crippen LogP contribution in [0.1, 0.15) is 44.2 Å². The van der Waals surface area contributed by atoms with E-state index in [-0.39, 0.29) is 11.9 Å². The Bertz CT molecular complexity index is 444. The van der Waals surface area contributed by atoms with Crippen LogP contribution in [0.25, 0.3) is 0 Å². The molecule has 0 aliphatic carbocycles. The lowest BCUT2D eigenvalue weighted by Crippen LogP contribution is -2.30. The van der Waals surface area contributed by atoms with E-state index in [2.05, 4.69) is 26.6 Å². The van der Waals surface area contributed by atoms with Gasteiger partial charge in [-0.15, -0.1) is 0 Å². The zero-order chi connectivity index (χ0) is 14.4. The molecule has 4 heteroatoms. The second-order valence-corrected chi connectivity index (χ2v) is 6.40. The fourth-order valence-electron chi connectivity index (χ4n) is 2.72. The lowest BCUT2D eigenvalue weighted by atomic mass is 9.93. The van der Waals surface area contributed by atoms with Gasteiger partial charge in [0.15, 0.2) is 0 Å². The molecule has 0 unspecified atom stereocenters. The monoisotopic (exact) mass is 338 g/mol. The third kappa shape index (κ3) is 4.60. The Morgan fingerprint density at radius 2 is 2.10 bits per heavy atom. The van der Waals surface area contributed by atoms with Crippen LogP contribution in [0.15, 0.2) is 28.7 Å². The number of amides is 1. The Labute approximate surface area is 129 Å². The van der Waals surface area contributed by atoms with Crippen LogP contribution >= 0.6 is 15.9 Å². The van der Waals surface area contributed by atoms with Gasteiger partial charge in [0.05, 0.1) is 6.04 Å². The van der Waals surface area contributed by atoms with Crippen LogP contribution in [-0.2, 0) is 4.79 Å². The predicted molar refractivity (Wildman–Crippen MR) is 85.5 cm³/mol. The highest BCUT2D eigenvalue weighted by Crippen LogP contribution is 2.23. The maximum absolute atomic E-state index is 12.0. The molecular formula is C16H23BrN2O. The van der Waals surface area contributed by atoms with Crippen molar-refractivity contribution in [2.45, 2.75) is 38.6 Å². The van der Waals surface area contributed by atoms with Gasteiger partial charge in [-0.05, 0) is 56.8 Å². The quantitative estimate of drug-likeness (QED) is 0.863. The molecule has 1 aromatic carbocycles. The highest BCUT2D eigenvalue weighted by Gasteiger charge is 2.16. The molecule has 1 aromatic rings. The zero-order valence-electron chi connectivity index (χ0n) is 12.0. The summed E-state index contributed by atoms with van der Waals surface area (Å²) < 4.78 is 1.05. The van der Waals surface area contributed by atoms with Crippen molar-refractivity contribution >= 4 is 21.8 Å². The minimum absolute atomic E-state index is 0.0473. The number of halogens is 1. The van der Waals surface area contributed by atoms with Crippen LogP contribution in [0.2, 0.25) is 0 Å². The van der Waals surface area contributed by atoms with Gasteiger partial charge < -0.3 is 10.6 Å². The summed E-state index contributed by atoms with van der Waals surface area (Å²) in [6, 6.07) is 8.08. The first-order valence-corrected chi connectivity index (χ1v) is 8.20. The standard InChI is InChI=1S/C16H23BrN2O/c1-12(14-4-2-3-5-15(14)17)19-16(20)7-6-13-8-10-18-11-9-13/h2-5,12-13,18H,6-11H2,1H3,(H,19,20)/t12-/m0/s1. The summed E-state index contributed by atoms with van der Waals surface area (Å²) in [6.07, 6.45) is 4.05. The second kappa shape index (κ2) is 7.79. The Kier molecular flexibility index (Phi) is 6.05. The minimum atomic E-state index is 0.0473. The summed E-state index contributed by atoms with van der Waals surface area (Å²) in [6.45, 7) is 4.22. The molecule has 2 N–H and O–H groups in total.